The molecule has 128 valence electrons. The quantitative estimate of drug-likeness (QED) is 0.875. The van der Waals surface area contributed by atoms with E-state index in [1.54, 1.807) is 11.3 Å². The third-order valence-electron chi connectivity index (χ3n) is 4.92. The smallest absolute Gasteiger partial charge is 0.224 e. The lowest BCUT2D eigenvalue weighted by molar-refractivity contribution is -0.137. The number of hydrogen-bond acceptors (Lipinski definition) is 4. The zero-order chi connectivity index (χ0) is 17.0. The highest BCUT2D eigenvalue weighted by Crippen LogP contribution is 2.39. The van der Waals surface area contributed by atoms with Crippen molar-refractivity contribution in [2.75, 3.05) is 13.1 Å². The van der Waals surface area contributed by atoms with Crippen molar-refractivity contribution in [1.82, 2.24) is 4.90 Å². The molecule has 2 unspecified atom stereocenters. The fraction of sp³-hybridized carbons (Fsp3) is 0.421. The van der Waals surface area contributed by atoms with Crippen LogP contribution in [0.25, 0.3) is 0 Å². The van der Waals surface area contributed by atoms with Crippen molar-refractivity contribution in [3.05, 3.63) is 52.7 Å². The lowest BCUT2D eigenvalue weighted by Crippen LogP contribution is -2.54. The molecule has 1 saturated heterocycles. The standard InChI is InChI=1S/C19H24N2O2S/c1-2-21-10-9-19(18(20)22,12-15-8-11-24-14-15)13-17(21)23-16-6-4-3-5-7-16/h3-8,11,14,17H,2,9-10,12-13H2,1H3,(H2,20,22). The van der Waals surface area contributed by atoms with Gasteiger partial charge in [0.15, 0.2) is 6.23 Å². The maximum atomic E-state index is 12.3. The van der Waals surface area contributed by atoms with Crippen molar-refractivity contribution in [1.29, 1.82) is 0 Å². The summed E-state index contributed by atoms with van der Waals surface area (Å²) < 4.78 is 6.20. The van der Waals surface area contributed by atoms with Crippen molar-refractivity contribution < 1.29 is 9.53 Å². The average Bonchev–Trinajstić information content (AvgIpc) is 3.09. The molecule has 0 radical (unpaired) electrons. The first kappa shape index (κ1) is 17.0. The van der Waals surface area contributed by atoms with Gasteiger partial charge in [-0.3, -0.25) is 9.69 Å². The van der Waals surface area contributed by atoms with E-state index in [0.29, 0.717) is 12.8 Å². The normalized spacial score (nSPS) is 24.6. The van der Waals surface area contributed by atoms with Crippen LogP contribution < -0.4 is 10.5 Å². The Morgan fingerprint density at radius 2 is 2.17 bits per heavy atom. The van der Waals surface area contributed by atoms with Crippen molar-refractivity contribution in [2.45, 2.75) is 32.4 Å². The molecular weight excluding hydrogens is 320 g/mol. The van der Waals surface area contributed by atoms with Crippen LogP contribution in [0.1, 0.15) is 25.3 Å². The fourth-order valence-corrected chi connectivity index (χ4v) is 4.13. The van der Waals surface area contributed by atoms with E-state index in [-0.39, 0.29) is 12.1 Å². The summed E-state index contributed by atoms with van der Waals surface area (Å²) in [6.07, 6.45) is 1.97. The van der Waals surface area contributed by atoms with Crippen LogP contribution in [0.15, 0.2) is 47.2 Å². The fourth-order valence-electron chi connectivity index (χ4n) is 3.46. The molecule has 1 fully saturated rings. The number of hydrogen-bond donors (Lipinski definition) is 1. The Labute approximate surface area is 147 Å². The van der Waals surface area contributed by atoms with Crippen LogP contribution in [0, 0.1) is 5.41 Å². The summed E-state index contributed by atoms with van der Waals surface area (Å²) in [5.41, 5.74) is 6.50. The highest BCUT2D eigenvalue weighted by Gasteiger charge is 2.45. The average molecular weight is 344 g/mol. The number of benzene rings is 1. The van der Waals surface area contributed by atoms with Gasteiger partial charge in [0, 0.05) is 13.0 Å². The molecule has 24 heavy (non-hydrogen) atoms. The number of carbonyl (C=O) groups excluding carboxylic acids is 1. The molecule has 1 aliphatic heterocycles. The molecule has 2 N–H and O–H groups in total. The molecule has 2 atom stereocenters. The second-order valence-corrected chi connectivity index (χ2v) is 7.20. The Bertz CT molecular complexity index is 659. The molecule has 0 bridgehead atoms. The third-order valence-corrected chi connectivity index (χ3v) is 5.65. The van der Waals surface area contributed by atoms with Gasteiger partial charge in [0.2, 0.25) is 5.91 Å². The zero-order valence-corrected chi connectivity index (χ0v) is 14.8. The van der Waals surface area contributed by atoms with E-state index < -0.39 is 5.41 Å². The number of piperidine rings is 1. The molecule has 2 heterocycles. The second-order valence-electron chi connectivity index (χ2n) is 6.42. The van der Waals surface area contributed by atoms with E-state index in [4.69, 9.17) is 10.5 Å². The van der Waals surface area contributed by atoms with Crippen LogP contribution in [-0.2, 0) is 11.2 Å². The van der Waals surface area contributed by atoms with Crippen molar-refractivity contribution in [3.63, 3.8) is 0 Å². The zero-order valence-electron chi connectivity index (χ0n) is 14.0. The Balaban J connectivity index is 1.82. The van der Waals surface area contributed by atoms with Gasteiger partial charge in [0.25, 0.3) is 0 Å². The molecule has 0 saturated carbocycles. The van der Waals surface area contributed by atoms with E-state index in [9.17, 15) is 4.79 Å². The molecule has 0 spiro atoms. The summed E-state index contributed by atoms with van der Waals surface area (Å²) in [4.78, 5) is 14.6. The number of nitrogens with two attached hydrogens (primary N) is 1. The van der Waals surface area contributed by atoms with E-state index >= 15 is 0 Å². The number of ether oxygens (including phenoxy) is 1. The predicted octanol–water partition coefficient (Wildman–Crippen LogP) is 3.28. The van der Waals surface area contributed by atoms with E-state index in [1.165, 1.54) is 5.56 Å². The maximum absolute atomic E-state index is 12.3. The van der Waals surface area contributed by atoms with Crippen LogP contribution in [0.2, 0.25) is 0 Å². The first-order valence-electron chi connectivity index (χ1n) is 8.40. The summed E-state index contributed by atoms with van der Waals surface area (Å²) in [7, 11) is 0. The molecule has 1 aliphatic rings. The highest BCUT2D eigenvalue weighted by atomic mass is 32.1. The summed E-state index contributed by atoms with van der Waals surface area (Å²) in [5.74, 6) is 0.614. The summed E-state index contributed by atoms with van der Waals surface area (Å²) >= 11 is 1.65. The molecule has 3 rings (SSSR count). The molecule has 0 aliphatic carbocycles. The topological polar surface area (TPSA) is 55.6 Å². The van der Waals surface area contributed by atoms with Gasteiger partial charge >= 0.3 is 0 Å². The summed E-state index contributed by atoms with van der Waals surface area (Å²) in [6.45, 7) is 3.84. The Kier molecular flexibility index (Phi) is 5.21. The van der Waals surface area contributed by atoms with Crippen LogP contribution in [0.5, 0.6) is 5.75 Å². The number of amides is 1. The Morgan fingerprint density at radius 1 is 1.38 bits per heavy atom. The van der Waals surface area contributed by atoms with Crippen LogP contribution in [0.3, 0.4) is 0 Å². The molecule has 1 aromatic carbocycles. The number of para-hydroxylation sites is 1. The van der Waals surface area contributed by atoms with Gasteiger partial charge in [-0.15, -0.1) is 0 Å². The molecule has 4 nitrogen and oxygen atoms in total. The number of likely N-dealkylation sites (tertiary alicyclic amines) is 1. The molecule has 1 amide bonds. The first-order valence-corrected chi connectivity index (χ1v) is 9.34. The first-order chi connectivity index (χ1) is 11.6. The van der Waals surface area contributed by atoms with E-state index in [1.807, 2.05) is 35.7 Å². The van der Waals surface area contributed by atoms with Gasteiger partial charge in [0.1, 0.15) is 5.75 Å². The van der Waals surface area contributed by atoms with Gasteiger partial charge in [-0.1, -0.05) is 25.1 Å². The minimum atomic E-state index is -0.536. The van der Waals surface area contributed by atoms with Gasteiger partial charge in [-0.25, -0.2) is 0 Å². The van der Waals surface area contributed by atoms with Crippen LogP contribution in [-0.4, -0.2) is 30.1 Å². The molecule has 2 aromatic rings. The van der Waals surface area contributed by atoms with Crippen molar-refractivity contribution in [2.24, 2.45) is 11.1 Å². The Morgan fingerprint density at radius 3 is 2.79 bits per heavy atom. The lowest BCUT2D eigenvalue weighted by Gasteiger charge is -2.44. The number of nitrogens with zero attached hydrogens (tertiary/aromatic N) is 1. The van der Waals surface area contributed by atoms with Gasteiger partial charge in [-0.2, -0.15) is 11.3 Å². The molecule has 5 heteroatoms. The van der Waals surface area contributed by atoms with Gasteiger partial charge < -0.3 is 10.5 Å². The van der Waals surface area contributed by atoms with Crippen molar-refractivity contribution in [3.8, 4) is 5.75 Å². The Hall–Kier alpha value is -1.85. The summed E-state index contributed by atoms with van der Waals surface area (Å²) in [5, 5.41) is 4.15. The maximum Gasteiger partial charge on any atom is 0.224 e. The minimum absolute atomic E-state index is 0.128. The molecule has 1 aromatic heterocycles. The van der Waals surface area contributed by atoms with Gasteiger partial charge in [0.05, 0.1) is 5.41 Å². The lowest BCUT2D eigenvalue weighted by atomic mass is 9.73. The largest absolute Gasteiger partial charge is 0.475 e. The molecular formula is C19H24N2O2S. The van der Waals surface area contributed by atoms with Crippen LogP contribution in [0.4, 0.5) is 0 Å². The number of rotatable bonds is 6. The third kappa shape index (κ3) is 3.62. The van der Waals surface area contributed by atoms with E-state index in [0.717, 1.165) is 25.3 Å². The number of carbonyl (C=O) groups is 1. The predicted molar refractivity (Wildman–Crippen MR) is 97.0 cm³/mol. The van der Waals surface area contributed by atoms with Gasteiger partial charge in [-0.05, 0) is 53.9 Å². The highest BCUT2D eigenvalue weighted by molar-refractivity contribution is 7.07. The van der Waals surface area contributed by atoms with Crippen molar-refractivity contribution >= 4 is 17.2 Å². The minimum Gasteiger partial charge on any atom is -0.475 e. The second kappa shape index (κ2) is 7.36. The monoisotopic (exact) mass is 344 g/mol. The number of thiophene rings is 1. The SMILES string of the molecule is CCN1CCC(Cc2ccsc2)(C(N)=O)CC1Oc1ccccc1. The number of primary amides is 1. The summed E-state index contributed by atoms with van der Waals surface area (Å²) in [6, 6.07) is 11.9. The van der Waals surface area contributed by atoms with Crippen LogP contribution >= 0.6 is 11.3 Å². The van der Waals surface area contributed by atoms with E-state index in [2.05, 4.69) is 23.3 Å².